The number of rotatable bonds is 6. The first kappa shape index (κ1) is 15.6. The highest BCUT2D eigenvalue weighted by Crippen LogP contribution is 2.15. The third kappa shape index (κ3) is 4.62. The predicted octanol–water partition coefficient (Wildman–Crippen LogP) is 0.620. The molecule has 1 aromatic rings. The molecule has 6 nitrogen and oxygen atoms in total. The molecule has 106 valence electrons. The molecule has 0 aromatic heterocycles. The second-order valence-corrected chi connectivity index (χ2v) is 5.66. The van der Waals surface area contributed by atoms with Crippen LogP contribution >= 0.6 is 0 Å². The van der Waals surface area contributed by atoms with Gasteiger partial charge in [-0.2, -0.15) is 0 Å². The molecule has 0 radical (unpaired) electrons. The normalized spacial score (nSPS) is 11.3. The van der Waals surface area contributed by atoms with Crippen molar-refractivity contribution in [1.82, 2.24) is 5.32 Å². The molecular formula is C12H18N2O4S. The van der Waals surface area contributed by atoms with Crippen LogP contribution in [0.1, 0.15) is 29.3 Å². The number of carbonyl (C=O) groups is 1. The summed E-state index contributed by atoms with van der Waals surface area (Å²) < 4.78 is 27.7. The maximum absolute atomic E-state index is 11.9. The van der Waals surface area contributed by atoms with Crippen LogP contribution in [0.15, 0.2) is 23.1 Å². The van der Waals surface area contributed by atoms with Crippen molar-refractivity contribution in [3.05, 3.63) is 29.3 Å². The van der Waals surface area contributed by atoms with Crippen molar-refractivity contribution >= 4 is 15.9 Å². The van der Waals surface area contributed by atoms with Gasteiger partial charge in [-0.1, -0.05) is 6.92 Å². The highest BCUT2D eigenvalue weighted by molar-refractivity contribution is 7.89. The summed E-state index contributed by atoms with van der Waals surface area (Å²) in [5.41, 5.74) is 0.836. The van der Waals surface area contributed by atoms with Gasteiger partial charge in [0.05, 0.1) is 11.5 Å². The summed E-state index contributed by atoms with van der Waals surface area (Å²) in [5.74, 6) is -0.329. The lowest BCUT2D eigenvalue weighted by Gasteiger charge is -2.08. The third-order valence-electron chi connectivity index (χ3n) is 2.40. The van der Waals surface area contributed by atoms with Crippen molar-refractivity contribution in [2.45, 2.75) is 24.8 Å². The first-order valence-corrected chi connectivity index (χ1v) is 7.37. The Morgan fingerprint density at radius 3 is 2.58 bits per heavy atom. The van der Waals surface area contributed by atoms with E-state index in [1.807, 2.05) is 6.92 Å². The zero-order valence-electron chi connectivity index (χ0n) is 11.0. The van der Waals surface area contributed by atoms with Gasteiger partial charge < -0.3 is 10.1 Å². The van der Waals surface area contributed by atoms with Crippen LogP contribution in [0.2, 0.25) is 0 Å². The van der Waals surface area contributed by atoms with E-state index >= 15 is 0 Å². The average molecular weight is 286 g/mol. The van der Waals surface area contributed by atoms with E-state index in [1.165, 1.54) is 19.2 Å². The molecule has 1 rings (SSSR count). The molecule has 1 aromatic carbocycles. The molecule has 0 heterocycles. The van der Waals surface area contributed by atoms with Gasteiger partial charge in [0.2, 0.25) is 10.0 Å². The summed E-state index contributed by atoms with van der Waals surface area (Å²) in [5, 5.41) is 7.77. The Bertz CT molecular complexity index is 555. The summed E-state index contributed by atoms with van der Waals surface area (Å²) in [6.07, 6.45) is 0.797. The van der Waals surface area contributed by atoms with E-state index in [9.17, 15) is 13.2 Å². The average Bonchev–Trinajstić information content (AvgIpc) is 2.35. The fraction of sp³-hybridized carbons (Fsp3) is 0.417. The van der Waals surface area contributed by atoms with Gasteiger partial charge in [0.25, 0.3) is 5.91 Å². The van der Waals surface area contributed by atoms with Crippen molar-refractivity contribution in [3.8, 4) is 0 Å². The first-order valence-electron chi connectivity index (χ1n) is 5.82. The van der Waals surface area contributed by atoms with Crippen LogP contribution in [0.4, 0.5) is 0 Å². The maximum atomic E-state index is 11.9. The Labute approximate surface area is 113 Å². The van der Waals surface area contributed by atoms with Gasteiger partial charge in [-0.15, -0.1) is 0 Å². The van der Waals surface area contributed by atoms with Crippen molar-refractivity contribution in [2.75, 3.05) is 13.7 Å². The topological polar surface area (TPSA) is 98.5 Å². The largest absolute Gasteiger partial charge is 0.380 e. The summed E-state index contributed by atoms with van der Waals surface area (Å²) in [7, 11) is -2.37. The first-order chi connectivity index (χ1) is 8.88. The lowest BCUT2D eigenvalue weighted by molar-refractivity contribution is 0.0953. The van der Waals surface area contributed by atoms with Gasteiger partial charge in [0.1, 0.15) is 0 Å². The number of hydrogen-bond donors (Lipinski definition) is 2. The van der Waals surface area contributed by atoms with Gasteiger partial charge >= 0.3 is 0 Å². The SMILES string of the molecule is CCCNC(=O)c1cc(COC)cc(S(N)(=O)=O)c1. The second kappa shape index (κ2) is 6.65. The molecule has 3 N–H and O–H groups in total. The number of carbonyl (C=O) groups excluding carboxylic acids is 1. The molecule has 0 bridgehead atoms. The van der Waals surface area contributed by atoms with Gasteiger partial charge in [0.15, 0.2) is 0 Å². The predicted molar refractivity (Wildman–Crippen MR) is 71.2 cm³/mol. The summed E-state index contributed by atoms with van der Waals surface area (Å²) in [6, 6.07) is 4.25. The van der Waals surface area contributed by atoms with Crippen molar-refractivity contribution in [3.63, 3.8) is 0 Å². The molecule has 0 aliphatic rings. The molecule has 0 aliphatic heterocycles. The molecule has 19 heavy (non-hydrogen) atoms. The van der Waals surface area contributed by atoms with E-state index in [0.29, 0.717) is 12.1 Å². The smallest absolute Gasteiger partial charge is 0.251 e. The minimum atomic E-state index is -3.86. The molecule has 0 saturated carbocycles. The fourth-order valence-corrected chi connectivity index (χ4v) is 2.15. The molecule has 0 saturated heterocycles. The van der Waals surface area contributed by atoms with Crippen LogP contribution in [0.5, 0.6) is 0 Å². The highest BCUT2D eigenvalue weighted by Gasteiger charge is 2.14. The molecule has 0 spiro atoms. The Morgan fingerprint density at radius 1 is 1.37 bits per heavy atom. The van der Waals surface area contributed by atoms with Crippen LogP contribution in [0, 0.1) is 0 Å². The fourth-order valence-electron chi connectivity index (χ4n) is 1.55. The summed E-state index contributed by atoms with van der Waals surface area (Å²) in [6.45, 7) is 2.66. The molecule has 0 unspecified atom stereocenters. The lowest BCUT2D eigenvalue weighted by Crippen LogP contribution is -2.24. The van der Waals surface area contributed by atoms with Gasteiger partial charge in [-0.3, -0.25) is 4.79 Å². The zero-order valence-corrected chi connectivity index (χ0v) is 11.8. The maximum Gasteiger partial charge on any atom is 0.251 e. The number of methoxy groups -OCH3 is 1. The Balaban J connectivity index is 3.16. The van der Waals surface area contributed by atoms with E-state index in [0.717, 1.165) is 6.42 Å². The number of sulfonamides is 1. The number of benzene rings is 1. The van der Waals surface area contributed by atoms with Crippen LogP contribution in [0.3, 0.4) is 0 Å². The number of nitrogens with one attached hydrogen (secondary N) is 1. The van der Waals surface area contributed by atoms with Crippen molar-refractivity contribution in [2.24, 2.45) is 5.14 Å². The van der Waals surface area contributed by atoms with Crippen LogP contribution in [-0.2, 0) is 21.4 Å². The Hall–Kier alpha value is -1.44. The third-order valence-corrected chi connectivity index (χ3v) is 3.30. The van der Waals surface area contributed by atoms with Gasteiger partial charge in [0, 0.05) is 19.2 Å². The molecule has 1 amide bonds. The summed E-state index contributed by atoms with van der Waals surface area (Å²) in [4.78, 5) is 11.8. The Kier molecular flexibility index (Phi) is 5.46. The minimum absolute atomic E-state index is 0.0938. The number of primary sulfonamides is 1. The standard InChI is InChI=1S/C12H18N2O4S/c1-3-4-14-12(15)10-5-9(8-18-2)6-11(7-10)19(13,16)17/h5-7H,3-4,8H2,1-2H3,(H,14,15)(H2,13,16,17). The van der Waals surface area contributed by atoms with E-state index in [2.05, 4.69) is 5.32 Å². The number of ether oxygens (including phenoxy) is 1. The highest BCUT2D eigenvalue weighted by atomic mass is 32.2. The van der Waals surface area contributed by atoms with E-state index in [4.69, 9.17) is 9.88 Å². The van der Waals surface area contributed by atoms with E-state index < -0.39 is 10.0 Å². The van der Waals surface area contributed by atoms with Crippen molar-refractivity contribution < 1.29 is 17.9 Å². The number of amides is 1. The molecule has 0 fully saturated rings. The summed E-state index contributed by atoms with van der Waals surface area (Å²) >= 11 is 0. The van der Waals surface area contributed by atoms with Crippen LogP contribution in [0.25, 0.3) is 0 Å². The Morgan fingerprint density at radius 2 is 2.05 bits per heavy atom. The second-order valence-electron chi connectivity index (χ2n) is 4.10. The van der Waals surface area contributed by atoms with Crippen molar-refractivity contribution in [1.29, 1.82) is 0 Å². The molecular weight excluding hydrogens is 268 g/mol. The van der Waals surface area contributed by atoms with Crippen LogP contribution < -0.4 is 10.5 Å². The van der Waals surface area contributed by atoms with Crippen LogP contribution in [-0.4, -0.2) is 28.0 Å². The number of nitrogens with two attached hydrogens (primary N) is 1. The zero-order chi connectivity index (χ0) is 14.5. The minimum Gasteiger partial charge on any atom is -0.380 e. The molecule has 0 atom stereocenters. The monoisotopic (exact) mass is 286 g/mol. The van der Waals surface area contributed by atoms with Gasteiger partial charge in [-0.05, 0) is 30.2 Å². The van der Waals surface area contributed by atoms with Gasteiger partial charge in [-0.25, -0.2) is 13.6 Å². The quantitative estimate of drug-likeness (QED) is 0.801. The van der Waals surface area contributed by atoms with E-state index in [1.54, 1.807) is 6.07 Å². The molecule has 0 aliphatic carbocycles. The number of hydrogen-bond acceptors (Lipinski definition) is 4. The molecule has 7 heteroatoms. The lowest BCUT2D eigenvalue weighted by atomic mass is 10.1. The van der Waals surface area contributed by atoms with E-state index in [-0.39, 0.29) is 23.0 Å².